The van der Waals surface area contributed by atoms with E-state index in [0.717, 1.165) is 24.7 Å². The van der Waals surface area contributed by atoms with Crippen molar-refractivity contribution in [2.75, 3.05) is 6.54 Å². The molecule has 116 valence electrons. The first kappa shape index (κ1) is 13.6. The van der Waals surface area contributed by atoms with Gasteiger partial charge >= 0.3 is 5.97 Å². The third kappa shape index (κ3) is 2.18. The lowest BCUT2D eigenvalue weighted by Gasteiger charge is -2.54. The van der Waals surface area contributed by atoms with Crippen molar-refractivity contribution in [2.24, 2.45) is 29.6 Å². The first-order valence-electron chi connectivity index (χ1n) is 8.66. The standard InChI is InChI=1S/C17H25NO3/c19-16(18-4-2-1-3-14(18)17(20)21)15-12-6-10-5-11(8-12)9-13(15)7-10/h10-15H,1-9H2,(H,20,21)/t10?,11?,12?,13?,14-,15?/m1/s1. The molecule has 0 aromatic carbocycles. The maximum Gasteiger partial charge on any atom is 0.326 e. The van der Waals surface area contributed by atoms with Gasteiger partial charge in [0.2, 0.25) is 5.91 Å². The number of piperidine rings is 1. The molecule has 21 heavy (non-hydrogen) atoms. The zero-order chi connectivity index (χ0) is 14.6. The number of likely N-dealkylation sites (tertiary alicyclic amines) is 1. The van der Waals surface area contributed by atoms with Crippen LogP contribution >= 0.6 is 0 Å². The van der Waals surface area contributed by atoms with Crippen LogP contribution in [-0.4, -0.2) is 34.5 Å². The van der Waals surface area contributed by atoms with Crippen molar-refractivity contribution in [3.63, 3.8) is 0 Å². The Kier molecular flexibility index (Phi) is 3.23. The fraction of sp³-hybridized carbons (Fsp3) is 0.882. The molecule has 4 bridgehead atoms. The maximum atomic E-state index is 13.1. The molecule has 1 aliphatic heterocycles. The Hall–Kier alpha value is -1.06. The van der Waals surface area contributed by atoms with Gasteiger partial charge in [-0.3, -0.25) is 4.79 Å². The van der Waals surface area contributed by atoms with E-state index in [2.05, 4.69) is 0 Å². The third-order valence-electron chi connectivity index (χ3n) is 6.58. The molecule has 5 fully saturated rings. The highest BCUT2D eigenvalue weighted by atomic mass is 16.4. The van der Waals surface area contributed by atoms with Gasteiger partial charge in [-0.25, -0.2) is 4.79 Å². The Morgan fingerprint density at radius 1 is 0.905 bits per heavy atom. The lowest BCUT2D eigenvalue weighted by molar-refractivity contribution is -0.161. The van der Waals surface area contributed by atoms with Crippen LogP contribution in [0.2, 0.25) is 0 Å². The smallest absolute Gasteiger partial charge is 0.326 e. The molecule has 1 amide bonds. The van der Waals surface area contributed by atoms with Gasteiger partial charge in [-0.15, -0.1) is 0 Å². The van der Waals surface area contributed by atoms with Gasteiger partial charge in [0.05, 0.1) is 0 Å². The Morgan fingerprint density at radius 3 is 2.10 bits per heavy atom. The molecule has 0 aromatic heterocycles. The summed E-state index contributed by atoms with van der Waals surface area (Å²) in [5, 5.41) is 9.41. The van der Waals surface area contributed by atoms with Crippen molar-refractivity contribution >= 4 is 11.9 Å². The Labute approximate surface area is 125 Å². The summed E-state index contributed by atoms with van der Waals surface area (Å²) >= 11 is 0. The maximum absolute atomic E-state index is 13.1. The summed E-state index contributed by atoms with van der Waals surface area (Å²) in [4.78, 5) is 26.3. The topological polar surface area (TPSA) is 57.6 Å². The van der Waals surface area contributed by atoms with Crippen LogP contribution in [0.1, 0.15) is 51.4 Å². The number of carbonyl (C=O) groups is 2. The average molecular weight is 291 g/mol. The molecule has 1 heterocycles. The van der Waals surface area contributed by atoms with Gasteiger partial charge in [-0.2, -0.15) is 0 Å². The van der Waals surface area contributed by atoms with E-state index in [-0.39, 0.29) is 11.8 Å². The summed E-state index contributed by atoms with van der Waals surface area (Å²) in [6.45, 7) is 0.651. The van der Waals surface area contributed by atoms with Gasteiger partial charge in [-0.1, -0.05) is 0 Å². The molecule has 0 aromatic rings. The third-order valence-corrected chi connectivity index (χ3v) is 6.58. The van der Waals surface area contributed by atoms with Gasteiger partial charge in [0.25, 0.3) is 0 Å². The molecule has 5 rings (SSSR count). The van der Waals surface area contributed by atoms with Crippen molar-refractivity contribution in [1.82, 2.24) is 4.90 Å². The number of amides is 1. The van der Waals surface area contributed by atoms with Crippen LogP contribution < -0.4 is 0 Å². The summed E-state index contributed by atoms with van der Waals surface area (Å²) in [6.07, 6.45) is 8.78. The predicted octanol–water partition coefficient (Wildman–Crippen LogP) is 2.52. The fourth-order valence-electron chi connectivity index (χ4n) is 5.97. The fourth-order valence-corrected chi connectivity index (χ4v) is 5.97. The number of hydrogen-bond donors (Lipinski definition) is 1. The molecule has 5 aliphatic rings. The molecular weight excluding hydrogens is 266 g/mol. The highest BCUT2D eigenvalue weighted by Gasteiger charge is 2.52. The Bertz CT molecular complexity index is 433. The molecule has 0 spiro atoms. The predicted molar refractivity (Wildman–Crippen MR) is 77.5 cm³/mol. The van der Waals surface area contributed by atoms with Gasteiger partial charge in [0.1, 0.15) is 6.04 Å². The highest BCUT2D eigenvalue weighted by molar-refractivity contribution is 5.86. The average Bonchev–Trinajstić information content (AvgIpc) is 2.46. The number of carboxylic acids is 1. The van der Waals surface area contributed by atoms with E-state index in [4.69, 9.17) is 0 Å². The zero-order valence-corrected chi connectivity index (χ0v) is 12.5. The Morgan fingerprint density at radius 2 is 1.52 bits per heavy atom. The Balaban J connectivity index is 1.55. The van der Waals surface area contributed by atoms with Gasteiger partial charge in [0, 0.05) is 12.5 Å². The normalized spacial score (nSPS) is 44.9. The lowest BCUT2D eigenvalue weighted by atomic mass is 9.51. The zero-order valence-electron chi connectivity index (χ0n) is 12.5. The number of rotatable bonds is 2. The molecule has 4 aliphatic carbocycles. The van der Waals surface area contributed by atoms with E-state index < -0.39 is 12.0 Å². The quantitative estimate of drug-likeness (QED) is 0.850. The number of hydrogen-bond acceptors (Lipinski definition) is 2. The van der Waals surface area contributed by atoms with E-state index in [0.29, 0.717) is 24.8 Å². The molecule has 4 nitrogen and oxygen atoms in total. The van der Waals surface area contributed by atoms with E-state index in [1.807, 2.05) is 0 Å². The monoisotopic (exact) mass is 291 g/mol. The van der Waals surface area contributed by atoms with Crippen LogP contribution in [0.25, 0.3) is 0 Å². The van der Waals surface area contributed by atoms with Crippen LogP contribution in [0.5, 0.6) is 0 Å². The molecule has 0 radical (unpaired) electrons. The number of carbonyl (C=O) groups excluding carboxylic acids is 1. The van der Waals surface area contributed by atoms with Crippen molar-refractivity contribution in [2.45, 2.75) is 57.4 Å². The van der Waals surface area contributed by atoms with Crippen molar-refractivity contribution in [1.29, 1.82) is 0 Å². The number of carboxylic acid groups (broad SMARTS) is 1. The first-order chi connectivity index (χ1) is 10.1. The first-order valence-corrected chi connectivity index (χ1v) is 8.66. The van der Waals surface area contributed by atoms with E-state index >= 15 is 0 Å². The van der Waals surface area contributed by atoms with Crippen molar-refractivity contribution < 1.29 is 14.7 Å². The second-order valence-electron chi connectivity index (χ2n) is 7.84. The van der Waals surface area contributed by atoms with E-state index in [1.165, 1.54) is 32.1 Å². The van der Waals surface area contributed by atoms with Crippen molar-refractivity contribution in [3.05, 3.63) is 0 Å². The van der Waals surface area contributed by atoms with E-state index in [9.17, 15) is 14.7 Å². The minimum Gasteiger partial charge on any atom is -0.480 e. The molecule has 1 N–H and O–H groups in total. The number of nitrogens with zero attached hydrogens (tertiary/aromatic N) is 1. The summed E-state index contributed by atoms with van der Waals surface area (Å²) in [5.41, 5.74) is 0. The molecular formula is C17H25NO3. The second-order valence-corrected chi connectivity index (χ2v) is 7.84. The highest BCUT2D eigenvalue weighted by Crippen LogP contribution is 2.57. The minimum absolute atomic E-state index is 0.137. The molecule has 1 saturated heterocycles. The van der Waals surface area contributed by atoms with Crippen LogP contribution in [0, 0.1) is 29.6 Å². The summed E-state index contributed by atoms with van der Waals surface area (Å²) < 4.78 is 0. The summed E-state index contributed by atoms with van der Waals surface area (Å²) in [5.74, 6) is 2.30. The van der Waals surface area contributed by atoms with Crippen LogP contribution in [0.3, 0.4) is 0 Å². The largest absolute Gasteiger partial charge is 0.480 e. The molecule has 4 heteroatoms. The van der Waals surface area contributed by atoms with Gasteiger partial charge in [-0.05, 0) is 75.0 Å². The van der Waals surface area contributed by atoms with Gasteiger partial charge in [0.15, 0.2) is 0 Å². The van der Waals surface area contributed by atoms with E-state index in [1.54, 1.807) is 4.90 Å². The number of aliphatic carboxylic acids is 1. The molecule has 0 unspecified atom stereocenters. The SMILES string of the molecule is O=C(O)[C@H]1CCCCN1C(=O)C1C2CC3CC(C2)CC1C3. The summed E-state index contributed by atoms with van der Waals surface area (Å²) in [7, 11) is 0. The van der Waals surface area contributed by atoms with Crippen LogP contribution in [0.15, 0.2) is 0 Å². The lowest BCUT2D eigenvalue weighted by Crippen LogP contribution is -2.56. The molecule has 4 saturated carbocycles. The van der Waals surface area contributed by atoms with Crippen LogP contribution in [0.4, 0.5) is 0 Å². The van der Waals surface area contributed by atoms with Gasteiger partial charge < -0.3 is 10.0 Å². The second kappa shape index (κ2) is 4.99. The molecule has 1 atom stereocenters. The van der Waals surface area contributed by atoms with Crippen molar-refractivity contribution in [3.8, 4) is 0 Å². The summed E-state index contributed by atoms with van der Waals surface area (Å²) in [6, 6.07) is -0.566. The van der Waals surface area contributed by atoms with Crippen LogP contribution in [-0.2, 0) is 9.59 Å². The minimum atomic E-state index is -0.813.